The highest BCUT2D eigenvalue weighted by atomic mass is 32.2. The molecular formula is C42H44F2N10O8S. The number of anilines is 2. The fraction of sp³-hybridized carbons (Fsp3) is 0.429. The first-order chi connectivity index (χ1) is 30.2. The molecule has 4 aliphatic rings. The van der Waals surface area contributed by atoms with Gasteiger partial charge in [-0.1, -0.05) is 0 Å². The van der Waals surface area contributed by atoms with E-state index in [1.54, 1.807) is 22.4 Å². The molecule has 0 radical (unpaired) electrons. The topological polar surface area (TPSA) is 217 Å². The number of hydrogen-bond acceptors (Lipinski definition) is 12. The summed E-state index contributed by atoms with van der Waals surface area (Å²) < 4.78 is 74.8. The van der Waals surface area contributed by atoms with E-state index in [4.69, 9.17) is 14.6 Å². The van der Waals surface area contributed by atoms with Gasteiger partial charge in [-0.15, -0.1) is 0 Å². The predicted octanol–water partition coefficient (Wildman–Crippen LogP) is 3.99. The number of likely N-dealkylation sites (tertiary alicyclic amines) is 1. The van der Waals surface area contributed by atoms with Gasteiger partial charge in [-0.05, 0) is 86.1 Å². The van der Waals surface area contributed by atoms with E-state index in [-0.39, 0.29) is 71.6 Å². The van der Waals surface area contributed by atoms with Gasteiger partial charge in [0, 0.05) is 58.1 Å². The molecule has 1 aliphatic carbocycles. The summed E-state index contributed by atoms with van der Waals surface area (Å²) in [6.45, 7) is 1.39. The summed E-state index contributed by atoms with van der Waals surface area (Å²) in [6.07, 6.45) is 5.33. The predicted molar refractivity (Wildman–Crippen MR) is 225 cm³/mol. The van der Waals surface area contributed by atoms with Crippen LogP contribution in [0.1, 0.15) is 61.6 Å². The number of amides is 3. The Morgan fingerprint density at radius 2 is 1.84 bits per heavy atom. The van der Waals surface area contributed by atoms with Crippen molar-refractivity contribution in [2.75, 3.05) is 56.1 Å². The van der Waals surface area contributed by atoms with Crippen molar-refractivity contribution in [3.63, 3.8) is 0 Å². The Kier molecular flexibility index (Phi) is 10.9. The van der Waals surface area contributed by atoms with Crippen molar-refractivity contribution in [2.45, 2.75) is 62.1 Å². The van der Waals surface area contributed by atoms with E-state index in [0.717, 1.165) is 55.2 Å². The number of piperidine rings is 1. The van der Waals surface area contributed by atoms with Crippen LogP contribution in [0, 0.1) is 23.0 Å². The molecule has 5 aromatic rings. The number of nitrogens with zero attached hydrogens (tertiary/aromatic N) is 8. The Bertz CT molecular complexity index is 2890. The Balaban J connectivity index is 0.843. The highest BCUT2D eigenvalue weighted by Gasteiger charge is 2.46. The number of benzene rings is 3. The molecule has 18 nitrogen and oxygen atoms in total. The molecule has 1 spiro atoms. The van der Waals surface area contributed by atoms with Crippen LogP contribution in [0.2, 0.25) is 0 Å². The summed E-state index contributed by atoms with van der Waals surface area (Å²) in [5.74, 6) is -1.81. The maximum atomic E-state index is 15.7. The number of aromatic nitrogens is 4. The number of nitriles is 1. The average Bonchev–Trinajstić information content (AvgIpc) is 3.79. The lowest BCUT2D eigenvalue weighted by Gasteiger charge is -2.48. The van der Waals surface area contributed by atoms with Crippen molar-refractivity contribution in [1.82, 2.24) is 33.9 Å². The molecule has 3 saturated heterocycles. The van der Waals surface area contributed by atoms with E-state index in [0.29, 0.717) is 40.8 Å². The van der Waals surface area contributed by atoms with Gasteiger partial charge in [0.05, 0.1) is 53.3 Å². The first kappa shape index (κ1) is 42.3. The van der Waals surface area contributed by atoms with Gasteiger partial charge in [0.25, 0.3) is 5.56 Å². The molecule has 63 heavy (non-hydrogen) atoms. The van der Waals surface area contributed by atoms with Crippen LogP contribution in [0.25, 0.3) is 21.8 Å². The molecular weight excluding hydrogens is 843 g/mol. The molecule has 1 saturated carbocycles. The lowest BCUT2D eigenvalue weighted by atomic mass is 9.73. The van der Waals surface area contributed by atoms with Crippen LogP contribution in [0.3, 0.4) is 0 Å². The molecule has 1 unspecified atom stereocenters. The molecule has 3 aromatic carbocycles. The monoisotopic (exact) mass is 886 g/mol. The number of nitrogens with one attached hydrogen (secondary N) is 2. The van der Waals surface area contributed by atoms with E-state index in [1.807, 2.05) is 6.07 Å². The quantitative estimate of drug-likeness (QED) is 0.172. The Morgan fingerprint density at radius 3 is 2.57 bits per heavy atom. The Hall–Kier alpha value is -6.05. The fourth-order valence-corrected chi connectivity index (χ4v) is 10.2. The molecule has 3 N–H and O–H groups in total. The number of aliphatic hydroxyl groups excluding tert-OH is 1. The number of halogens is 2. The zero-order valence-electron chi connectivity index (χ0n) is 34.4. The van der Waals surface area contributed by atoms with E-state index >= 15 is 8.78 Å². The van der Waals surface area contributed by atoms with E-state index in [2.05, 4.69) is 25.0 Å². The van der Waals surface area contributed by atoms with Gasteiger partial charge in [-0.2, -0.15) is 23.1 Å². The molecule has 3 amide bonds. The van der Waals surface area contributed by atoms with E-state index < -0.39 is 45.6 Å². The minimum atomic E-state index is -4.20. The summed E-state index contributed by atoms with van der Waals surface area (Å²) in [6, 6.07) is 10.9. The number of urea groups is 1. The molecule has 21 heteroatoms. The zero-order chi connectivity index (χ0) is 44.4. The maximum absolute atomic E-state index is 15.7. The summed E-state index contributed by atoms with van der Waals surface area (Å²) in [5, 5.41) is 26.6. The van der Waals surface area contributed by atoms with Crippen LogP contribution in [0.15, 0.2) is 53.6 Å². The second-order valence-electron chi connectivity index (χ2n) is 16.6. The van der Waals surface area contributed by atoms with Crippen LogP contribution < -0.4 is 25.2 Å². The van der Waals surface area contributed by atoms with Crippen molar-refractivity contribution in [3.8, 4) is 17.6 Å². The standard InChI is InChI=1S/C42H44F2N10O8S/c1-50(13-14-55)63(59,60)49-35-6-4-32(43)38(31(35)21-45)62-27-3-5-34-29(17-27)40(57)54(23-46-34)26-20-42(61-22-26)8-11-52(12-9-42)25-15-24(16-25)28-19-36-30(18-33(28)44)39(48-51(36)2)53-10-7-37(56)47-41(53)58/h3-6,17-19,23-26,49,55H,7-16,20,22H2,1-2H3,(H,47,56,58). The van der Waals surface area contributed by atoms with Gasteiger partial charge in [0.1, 0.15) is 23.2 Å². The Labute approximate surface area is 359 Å². The van der Waals surface area contributed by atoms with Crippen LogP contribution >= 0.6 is 0 Å². The van der Waals surface area contributed by atoms with Crippen molar-refractivity contribution >= 4 is 55.5 Å². The lowest BCUT2D eigenvalue weighted by molar-refractivity contribution is -0.120. The number of carbonyl (C=O) groups excluding carboxylic acids is 2. The number of likely N-dealkylation sites (N-methyl/N-ethyl adjacent to an activating group) is 1. The molecule has 5 heterocycles. The van der Waals surface area contributed by atoms with E-state index in [9.17, 15) is 28.1 Å². The maximum Gasteiger partial charge on any atom is 0.329 e. The summed E-state index contributed by atoms with van der Waals surface area (Å²) >= 11 is 0. The van der Waals surface area contributed by atoms with E-state index in [1.165, 1.54) is 42.5 Å². The van der Waals surface area contributed by atoms with Crippen molar-refractivity contribution in [3.05, 3.63) is 81.9 Å². The molecule has 4 fully saturated rings. The summed E-state index contributed by atoms with van der Waals surface area (Å²) in [5.41, 5.74) is 0.249. The number of fused-ring (bicyclic) bond motifs is 2. The van der Waals surface area contributed by atoms with Gasteiger partial charge in [-0.3, -0.25) is 33.8 Å². The van der Waals surface area contributed by atoms with Crippen molar-refractivity contribution in [1.29, 1.82) is 5.26 Å². The van der Waals surface area contributed by atoms with Crippen molar-refractivity contribution in [2.24, 2.45) is 7.05 Å². The van der Waals surface area contributed by atoms with Gasteiger partial charge < -0.3 is 19.5 Å². The number of ether oxygens (including phenoxy) is 2. The molecule has 330 valence electrons. The molecule has 3 aliphatic heterocycles. The Morgan fingerprint density at radius 1 is 1.06 bits per heavy atom. The summed E-state index contributed by atoms with van der Waals surface area (Å²) in [7, 11) is -1.22. The largest absolute Gasteiger partial charge is 0.453 e. The van der Waals surface area contributed by atoms with Gasteiger partial charge >= 0.3 is 16.2 Å². The fourth-order valence-electron chi connectivity index (χ4n) is 9.22. The number of hydrogen-bond donors (Lipinski definition) is 3. The van der Waals surface area contributed by atoms with Crippen LogP contribution in [0.5, 0.6) is 11.5 Å². The normalized spacial score (nSPS) is 21.5. The molecule has 0 bridgehead atoms. The zero-order valence-corrected chi connectivity index (χ0v) is 35.2. The second kappa shape index (κ2) is 16.3. The van der Waals surface area contributed by atoms with Crippen LogP contribution in [-0.2, 0) is 26.8 Å². The first-order valence-corrected chi connectivity index (χ1v) is 22.0. The molecule has 9 rings (SSSR count). The third-order valence-corrected chi connectivity index (χ3v) is 14.4. The minimum Gasteiger partial charge on any atom is -0.453 e. The molecule has 2 aromatic heterocycles. The SMILES string of the molecule is CN(CCO)S(=O)(=O)Nc1ccc(F)c(Oc2ccc3ncn(C4COC5(CCN(C6CC(c7cc8c(cc7F)c(N7CCC(=O)NC7=O)nn8C)C6)CC5)C4)c(=O)c3c2)c1C#N. The number of carbonyl (C=O) groups is 2. The molecule has 1 atom stereocenters. The third-order valence-electron chi connectivity index (χ3n) is 12.9. The number of aliphatic hydroxyl groups is 1. The minimum absolute atomic E-state index is 0.0223. The lowest BCUT2D eigenvalue weighted by Crippen LogP contribution is -2.51. The highest BCUT2D eigenvalue weighted by Crippen LogP contribution is 2.46. The average molecular weight is 887 g/mol. The smallest absolute Gasteiger partial charge is 0.329 e. The van der Waals surface area contributed by atoms with Gasteiger partial charge in [-0.25, -0.2) is 18.6 Å². The number of rotatable bonds is 11. The number of aryl methyl sites for hydroxylation is 1. The van der Waals surface area contributed by atoms with Gasteiger partial charge in [0.15, 0.2) is 17.4 Å². The van der Waals surface area contributed by atoms with Crippen molar-refractivity contribution < 1.29 is 41.4 Å². The highest BCUT2D eigenvalue weighted by molar-refractivity contribution is 7.90. The first-order valence-electron chi connectivity index (χ1n) is 20.6. The third kappa shape index (κ3) is 7.75. The van der Waals surface area contributed by atoms with Crippen LogP contribution in [0.4, 0.5) is 25.1 Å². The summed E-state index contributed by atoms with van der Waals surface area (Å²) in [4.78, 5) is 46.5. The number of imide groups is 1. The van der Waals surface area contributed by atoms with Crippen LogP contribution in [-0.4, -0.2) is 112 Å². The van der Waals surface area contributed by atoms with Gasteiger partial charge in [0.2, 0.25) is 5.91 Å². The second-order valence-corrected chi connectivity index (χ2v) is 18.4.